The van der Waals surface area contributed by atoms with Gasteiger partial charge in [-0.3, -0.25) is 0 Å². The molecular formula is C33H47ClN2O3Ti. The number of hydrogen-bond acceptors (Lipinski definition) is 5. The monoisotopic (exact) mass is 602 g/mol. The van der Waals surface area contributed by atoms with Crippen molar-refractivity contribution in [3.8, 4) is 22.6 Å². The first-order valence-electron chi connectivity index (χ1n) is 13.4. The van der Waals surface area contributed by atoms with Gasteiger partial charge in [0.05, 0.1) is 12.3 Å². The minimum Gasteiger partial charge on any atom is -0.507 e. The van der Waals surface area contributed by atoms with Crippen molar-refractivity contribution in [1.29, 1.82) is 0 Å². The van der Waals surface area contributed by atoms with Gasteiger partial charge in [0.2, 0.25) is 0 Å². The van der Waals surface area contributed by atoms with Gasteiger partial charge in [0.25, 0.3) is 0 Å². The van der Waals surface area contributed by atoms with E-state index >= 15 is 0 Å². The average Bonchev–Trinajstić information content (AvgIpc) is 2.81. The number of aromatic hydroxyl groups is 2. The first kappa shape index (κ1) is 36.0. The first-order chi connectivity index (χ1) is 18.0. The molecule has 0 bridgehead atoms. The molecule has 0 unspecified atom stereocenters. The number of para-hydroxylation sites is 1. The number of methoxy groups -OCH3 is 1. The predicted molar refractivity (Wildman–Crippen MR) is 167 cm³/mol. The van der Waals surface area contributed by atoms with Gasteiger partial charge in [0.1, 0.15) is 11.5 Å². The molecule has 0 aliphatic rings. The Hall–Kier alpha value is -2.02. The van der Waals surface area contributed by atoms with Gasteiger partial charge in [-0.05, 0) is 65.8 Å². The van der Waals surface area contributed by atoms with Crippen molar-refractivity contribution in [3.05, 3.63) is 70.8 Å². The number of ether oxygens (including phenoxy) is 1. The van der Waals surface area contributed by atoms with E-state index in [2.05, 4.69) is 72.4 Å². The van der Waals surface area contributed by atoms with Gasteiger partial charge >= 0.3 is 0 Å². The normalized spacial score (nSPS) is 11.5. The Morgan fingerprint density at radius 1 is 0.750 bits per heavy atom. The van der Waals surface area contributed by atoms with E-state index in [1.165, 1.54) is 4.42 Å². The summed E-state index contributed by atoms with van der Waals surface area (Å²) in [5, 5.41) is 22.9. The van der Waals surface area contributed by atoms with Crippen molar-refractivity contribution in [1.82, 2.24) is 4.42 Å². The minimum absolute atomic E-state index is 0. The van der Waals surface area contributed by atoms with Gasteiger partial charge in [0.15, 0.2) is 0 Å². The fourth-order valence-electron chi connectivity index (χ4n) is 4.58. The van der Waals surface area contributed by atoms with Crippen LogP contribution in [0.1, 0.15) is 63.8 Å². The van der Waals surface area contributed by atoms with Gasteiger partial charge in [0, 0.05) is 77.4 Å². The second-order valence-electron chi connectivity index (χ2n) is 12.3. The van der Waals surface area contributed by atoms with E-state index in [1.54, 1.807) is 21.2 Å². The Morgan fingerprint density at radius 2 is 1.23 bits per heavy atom. The minimum atomic E-state index is -0.215. The van der Waals surface area contributed by atoms with Crippen LogP contribution in [0.4, 0.5) is 11.4 Å². The van der Waals surface area contributed by atoms with Crippen molar-refractivity contribution in [2.24, 2.45) is 0 Å². The summed E-state index contributed by atoms with van der Waals surface area (Å²) >= 11 is 5.11. The van der Waals surface area contributed by atoms with E-state index in [0.29, 0.717) is 18.9 Å². The van der Waals surface area contributed by atoms with Crippen LogP contribution in [0.2, 0.25) is 0 Å². The van der Waals surface area contributed by atoms with E-state index in [4.69, 9.17) is 16.5 Å². The van der Waals surface area contributed by atoms with Crippen LogP contribution in [0.5, 0.6) is 11.5 Å². The molecule has 0 radical (unpaired) electrons. The second-order valence-corrected chi connectivity index (χ2v) is 13.0. The summed E-state index contributed by atoms with van der Waals surface area (Å²) in [7, 11) is 5.21. The zero-order valence-electron chi connectivity index (χ0n) is 26.1. The van der Waals surface area contributed by atoms with E-state index < -0.39 is 0 Å². The molecular weight excluding hydrogens is 556 g/mol. The fourth-order valence-corrected chi connectivity index (χ4v) is 4.58. The molecule has 0 aromatic heterocycles. The number of hydrogen-bond donors (Lipinski definition) is 2. The van der Waals surface area contributed by atoms with E-state index in [0.717, 1.165) is 44.8 Å². The molecule has 3 aromatic rings. The van der Waals surface area contributed by atoms with Crippen molar-refractivity contribution in [3.63, 3.8) is 0 Å². The number of halogens is 1. The molecule has 2 N–H and O–H groups in total. The van der Waals surface area contributed by atoms with Crippen molar-refractivity contribution in [2.75, 3.05) is 39.3 Å². The number of anilines is 2. The van der Waals surface area contributed by atoms with Crippen LogP contribution in [-0.2, 0) is 37.3 Å². The van der Waals surface area contributed by atoms with Crippen LogP contribution in [0.3, 0.4) is 0 Å². The Labute approximate surface area is 262 Å². The Balaban J connectivity index is 0.00000150. The van der Waals surface area contributed by atoms with Gasteiger partial charge in [-0.1, -0.05) is 71.9 Å². The number of rotatable bonds is 6. The van der Waals surface area contributed by atoms with Crippen molar-refractivity contribution >= 4 is 23.2 Å². The number of phenolic OH excluding ortho intramolecular Hbond substituents is 2. The van der Waals surface area contributed by atoms with Crippen LogP contribution < -0.4 is 4.90 Å². The Kier molecular flexibility index (Phi) is 13.3. The van der Waals surface area contributed by atoms with E-state index in [1.807, 2.05) is 36.4 Å². The summed E-state index contributed by atoms with van der Waals surface area (Å²) in [4.78, 5) is 2.11. The molecule has 0 amide bonds. The predicted octanol–water partition coefficient (Wildman–Crippen LogP) is 8.46. The number of nitrogens with zero attached hydrogens (tertiary/aromatic N) is 2. The third-order valence-corrected chi connectivity index (χ3v) is 6.40. The molecule has 0 aliphatic carbocycles. The summed E-state index contributed by atoms with van der Waals surface area (Å²) < 4.78 is 6.93. The van der Waals surface area contributed by atoms with Crippen molar-refractivity contribution in [2.45, 2.75) is 66.2 Å². The average molecular weight is 603 g/mol. The zero-order chi connectivity index (χ0) is 29.7. The molecule has 0 aliphatic heterocycles. The third kappa shape index (κ3) is 9.25. The Morgan fingerprint density at radius 3 is 1.73 bits per heavy atom. The van der Waals surface area contributed by atoms with Gasteiger partial charge in [-0.25, -0.2) is 4.42 Å². The molecule has 0 heterocycles. The first-order valence-corrected chi connectivity index (χ1v) is 13.7. The van der Waals surface area contributed by atoms with Crippen LogP contribution >= 0.6 is 11.8 Å². The second kappa shape index (κ2) is 14.7. The molecule has 3 aromatic carbocycles. The van der Waals surface area contributed by atoms with Crippen LogP contribution in [0.25, 0.3) is 11.1 Å². The molecule has 0 saturated heterocycles. The van der Waals surface area contributed by atoms with Crippen molar-refractivity contribution < 1.29 is 36.7 Å². The van der Waals surface area contributed by atoms with Crippen LogP contribution in [0, 0.1) is 13.8 Å². The standard InChI is InChI=1S/C31H41NO3.C2H6ClN.Ti/c1-20-16-23(28(33)24(17-20)30(3,4)5)22-12-10-11-13-26(22)32(14-15-35-9)27-19-21(2)18-25(29(27)34)31(6,7)8;1-4(2)3;/h10-13,16-19,33-34H,14-15H2,1-9H3;1-2H3;. The molecule has 218 valence electrons. The van der Waals surface area contributed by atoms with Crippen LogP contribution in [0.15, 0.2) is 48.5 Å². The zero-order valence-corrected chi connectivity index (χ0v) is 28.4. The number of aryl methyl sites for hydroxylation is 2. The topological polar surface area (TPSA) is 56.2 Å². The molecule has 3 rings (SSSR count). The molecule has 0 saturated carbocycles. The maximum atomic E-state index is 11.5. The summed E-state index contributed by atoms with van der Waals surface area (Å²) in [6.07, 6.45) is 0. The summed E-state index contributed by atoms with van der Waals surface area (Å²) in [5.41, 5.74) is 6.92. The Bertz CT molecular complexity index is 1260. The number of phenols is 2. The molecule has 5 nitrogen and oxygen atoms in total. The fraction of sp³-hybridized carbons (Fsp3) is 0.455. The third-order valence-electron chi connectivity index (χ3n) is 6.40. The summed E-state index contributed by atoms with van der Waals surface area (Å²) in [6.45, 7) is 17.8. The SMILES string of the molecule is CN(C)Cl.COCCN(c1ccccc1-c1cc(C)cc(C(C)(C)C)c1O)c1cc(C)cc(C(C)(C)C)c1O.[Ti]. The van der Waals surface area contributed by atoms with E-state index in [9.17, 15) is 10.2 Å². The smallest absolute Gasteiger partial charge is 0.142 e. The molecule has 0 fully saturated rings. The molecule has 0 spiro atoms. The summed E-state index contributed by atoms with van der Waals surface area (Å²) in [6, 6.07) is 16.2. The van der Waals surface area contributed by atoms with Gasteiger partial charge < -0.3 is 19.8 Å². The van der Waals surface area contributed by atoms with Crippen LogP contribution in [-0.4, -0.2) is 49.0 Å². The van der Waals surface area contributed by atoms with Gasteiger partial charge in [-0.15, -0.1) is 0 Å². The van der Waals surface area contributed by atoms with Gasteiger partial charge in [-0.2, -0.15) is 0 Å². The molecule has 0 atom stereocenters. The quantitative estimate of drug-likeness (QED) is 0.219. The summed E-state index contributed by atoms with van der Waals surface area (Å²) in [5.74, 6) is 0.573. The van der Waals surface area contributed by atoms with E-state index in [-0.39, 0.29) is 38.3 Å². The maximum Gasteiger partial charge on any atom is 0.142 e. The molecule has 40 heavy (non-hydrogen) atoms. The molecule has 7 heteroatoms. The number of benzene rings is 3. The largest absolute Gasteiger partial charge is 0.507 e. The maximum absolute atomic E-state index is 11.5.